The van der Waals surface area contributed by atoms with Gasteiger partial charge >= 0.3 is 0 Å². The van der Waals surface area contributed by atoms with Crippen LogP contribution in [-0.2, 0) is 0 Å². The molecule has 0 saturated heterocycles. The molecule has 0 spiro atoms. The first-order valence-corrected chi connectivity index (χ1v) is 7.13. The lowest BCUT2D eigenvalue weighted by Gasteiger charge is -2.04. The Morgan fingerprint density at radius 2 is 1.41 bits per heavy atom. The van der Waals surface area contributed by atoms with Gasteiger partial charge in [-0.05, 0) is 18.2 Å². The predicted octanol–water partition coefficient (Wildman–Crippen LogP) is 4.83. The van der Waals surface area contributed by atoms with Crippen LogP contribution in [0.5, 0.6) is 0 Å². The molecule has 2 nitrogen and oxygen atoms in total. The summed E-state index contributed by atoms with van der Waals surface area (Å²) in [6.07, 6.45) is 0. The minimum Gasteiger partial charge on any atom is -0.229 e. The zero-order valence-electron chi connectivity index (χ0n) is 11.8. The highest BCUT2D eigenvalue weighted by molar-refractivity contribution is 5.94. The number of aromatic nitrogens is 2. The van der Waals surface area contributed by atoms with Crippen molar-refractivity contribution >= 4 is 10.9 Å². The number of rotatable bonds is 2. The van der Waals surface area contributed by atoms with Gasteiger partial charge < -0.3 is 0 Å². The Morgan fingerprint density at radius 1 is 0.727 bits per heavy atom. The number of para-hydroxylation sites is 2. The Hall–Kier alpha value is -2.94. The Bertz CT molecular complexity index is 942. The SMILES string of the molecule is Fc1ccccc1-n1nc(-c2ccccc2)c2ccccc21. The monoisotopic (exact) mass is 288 g/mol. The molecular formula is C19H13FN2. The van der Waals surface area contributed by atoms with Crippen LogP contribution in [0.3, 0.4) is 0 Å². The fourth-order valence-corrected chi connectivity index (χ4v) is 2.68. The molecule has 0 radical (unpaired) electrons. The van der Waals surface area contributed by atoms with Gasteiger partial charge in [-0.15, -0.1) is 0 Å². The maximum atomic E-state index is 14.2. The highest BCUT2D eigenvalue weighted by Gasteiger charge is 2.14. The first-order valence-electron chi connectivity index (χ1n) is 7.13. The molecule has 0 aliphatic heterocycles. The quantitative estimate of drug-likeness (QED) is 0.516. The molecule has 22 heavy (non-hydrogen) atoms. The highest BCUT2D eigenvalue weighted by atomic mass is 19.1. The van der Waals surface area contributed by atoms with Gasteiger partial charge in [0.25, 0.3) is 0 Å². The van der Waals surface area contributed by atoms with Crippen molar-refractivity contribution in [3.8, 4) is 16.9 Å². The molecule has 3 heteroatoms. The van der Waals surface area contributed by atoms with Gasteiger partial charge in [0.05, 0.1) is 5.52 Å². The minimum atomic E-state index is -0.282. The third kappa shape index (κ3) is 1.99. The predicted molar refractivity (Wildman–Crippen MR) is 86.5 cm³/mol. The molecule has 3 aromatic carbocycles. The van der Waals surface area contributed by atoms with Crippen LogP contribution < -0.4 is 0 Å². The van der Waals surface area contributed by atoms with Crippen molar-refractivity contribution in [2.45, 2.75) is 0 Å². The summed E-state index contributed by atoms with van der Waals surface area (Å²) in [7, 11) is 0. The van der Waals surface area contributed by atoms with E-state index in [0.717, 1.165) is 22.2 Å². The lowest BCUT2D eigenvalue weighted by atomic mass is 10.1. The van der Waals surface area contributed by atoms with Crippen LogP contribution in [0.1, 0.15) is 0 Å². The molecule has 0 saturated carbocycles. The van der Waals surface area contributed by atoms with E-state index in [9.17, 15) is 4.39 Å². The van der Waals surface area contributed by atoms with E-state index < -0.39 is 0 Å². The van der Waals surface area contributed by atoms with E-state index in [-0.39, 0.29) is 5.82 Å². The summed E-state index contributed by atoms with van der Waals surface area (Å²) in [5, 5.41) is 5.68. The highest BCUT2D eigenvalue weighted by Crippen LogP contribution is 2.30. The average Bonchev–Trinajstić information content (AvgIpc) is 2.96. The molecule has 1 aromatic heterocycles. The van der Waals surface area contributed by atoms with Crippen LogP contribution in [0.25, 0.3) is 27.8 Å². The molecule has 1 heterocycles. The zero-order valence-corrected chi connectivity index (χ0v) is 11.8. The summed E-state index contributed by atoms with van der Waals surface area (Å²) in [5.41, 5.74) is 3.24. The van der Waals surface area contributed by atoms with E-state index in [1.165, 1.54) is 6.07 Å². The van der Waals surface area contributed by atoms with E-state index >= 15 is 0 Å². The number of hydrogen-bond donors (Lipinski definition) is 0. The molecule has 106 valence electrons. The van der Waals surface area contributed by atoms with Gasteiger partial charge in [-0.25, -0.2) is 9.07 Å². The van der Waals surface area contributed by atoms with Crippen molar-refractivity contribution < 1.29 is 4.39 Å². The van der Waals surface area contributed by atoms with E-state index in [1.54, 1.807) is 16.8 Å². The lowest BCUT2D eigenvalue weighted by molar-refractivity contribution is 0.613. The summed E-state index contributed by atoms with van der Waals surface area (Å²) >= 11 is 0. The lowest BCUT2D eigenvalue weighted by Crippen LogP contribution is -1.99. The molecule has 4 aromatic rings. The van der Waals surface area contributed by atoms with E-state index in [0.29, 0.717) is 5.69 Å². The molecule has 0 atom stereocenters. The summed E-state index contributed by atoms with van der Waals surface area (Å²) < 4.78 is 15.8. The summed E-state index contributed by atoms with van der Waals surface area (Å²) in [6, 6.07) is 24.5. The molecule has 0 aliphatic carbocycles. The third-order valence-electron chi connectivity index (χ3n) is 3.72. The molecule has 4 rings (SSSR count). The molecule has 0 fully saturated rings. The van der Waals surface area contributed by atoms with Crippen molar-refractivity contribution in [1.29, 1.82) is 0 Å². The molecule has 0 N–H and O–H groups in total. The van der Waals surface area contributed by atoms with Gasteiger partial charge in [0.1, 0.15) is 17.2 Å². The molecule has 0 amide bonds. The van der Waals surface area contributed by atoms with Crippen LogP contribution in [0, 0.1) is 5.82 Å². The van der Waals surface area contributed by atoms with Gasteiger partial charge in [0.2, 0.25) is 0 Å². The minimum absolute atomic E-state index is 0.282. The Kier molecular flexibility index (Phi) is 2.97. The van der Waals surface area contributed by atoms with E-state index in [2.05, 4.69) is 5.10 Å². The number of fused-ring (bicyclic) bond motifs is 1. The van der Waals surface area contributed by atoms with E-state index in [4.69, 9.17) is 0 Å². The second kappa shape index (κ2) is 5.11. The smallest absolute Gasteiger partial charge is 0.148 e. The number of halogens is 1. The van der Waals surface area contributed by atoms with Crippen LogP contribution >= 0.6 is 0 Å². The fraction of sp³-hybridized carbons (Fsp3) is 0. The third-order valence-corrected chi connectivity index (χ3v) is 3.72. The molecule has 0 unspecified atom stereocenters. The van der Waals surface area contributed by atoms with Crippen molar-refractivity contribution in [1.82, 2.24) is 9.78 Å². The van der Waals surface area contributed by atoms with Crippen molar-refractivity contribution in [2.75, 3.05) is 0 Å². The van der Waals surface area contributed by atoms with Gasteiger partial charge in [0, 0.05) is 10.9 Å². The first-order chi connectivity index (χ1) is 10.8. The molecule has 0 aliphatic rings. The molecule has 0 bridgehead atoms. The van der Waals surface area contributed by atoms with Gasteiger partial charge in [-0.3, -0.25) is 0 Å². The average molecular weight is 288 g/mol. The largest absolute Gasteiger partial charge is 0.229 e. The van der Waals surface area contributed by atoms with Gasteiger partial charge in [-0.1, -0.05) is 60.7 Å². The van der Waals surface area contributed by atoms with Gasteiger partial charge in [0.15, 0.2) is 0 Å². The van der Waals surface area contributed by atoms with Gasteiger partial charge in [-0.2, -0.15) is 5.10 Å². The second-order valence-electron chi connectivity index (χ2n) is 5.09. The summed E-state index contributed by atoms with van der Waals surface area (Å²) in [6.45, 7) is 0. The molecular weight excluding hydrogens is 275 g/mol. The second-order valence-corrected chi connectivity index (χ2v) is 5.09. The zero-order chi connectivity index (χ0) is 14.9. The van der Waals surface area contributed by atoms with Crippen LogP contribution in [0.4, 0.5) is 4.39 Å². The van der Waals surface area contributed by atoms with Crippen molar-refractivity contribution in [2.24, 2.45) is 0 Å². The standard InChI is InChI=1S/C19H13FN2/c20-16-11-5-7-13-18(16)22-17-12-6-4-10-15(17)19(21-22)14-8-2-1-3-9-14/h1-13H. The Labute approximate surface area is 127 Å². The first kappa shape index (κ1) is 12.8. The van der Waals surface area contributed by atoms with Crippen molar-refractivity contribution in [3.63, 3.8) is 0 Å². The maximum Gasteiger partial charge on any atom is 0.148 e. The number of nitrogens with zero attached hydrogens (tertiary/aromatic N) is 2. The van der Waals surface area contributed by atoms with Crippen LogP contribution in [0.15, 0.2) is 78.9 Å². The van der Waals surface area contributed by atoms with Crippen molar-refractivity contribution in [3.05, 3.63) is 84.7 Å². The fourth-order valence-electron chi connectivity index (χ4n) is 2.68. The van der Waals surface area contributed by atoms with Crippen LogP contribution in [0.2, 0.25) is 0 Å². The van der Waals surface area contributed by atoms with Crippen LogP contribution in [-0.4, -0.2) is 9.78 Å². The Balaban J connectivity index is 2.04. The Morgan fingerprint density at radius 3 is 2.23 bits per heavy atom. The van der Waals surface area contributed by atoms with E-state index in [1.807, 2.05) is 60.7 Å². The summed E-state index contributed by atoms with van der Waals surface area (Å²) in [4.78, 5) is 0. The number of hydrogen-bond acceptors (Lipinski definition) is 1. The maximum absolute atomic E-state index is 14.2. The normalized spacial score (nSPS) is 11.0. The summed E-state index contributed by atoms with van der Waals surface area (Å²) in [5.74, 6) is -0.282. The topological polar surface area (TPSA) is 17.8 Å². The number of benzene rings is 3.